The molecule has 1 aliphatic rings. The third-order valence-corrected chi connectivity index (χ3v) is 4.20. The number of carbonyl (C=O) groups excluding carboxylic acids is 1. The highest BCUT2D eigenvalue weighted by atomic mass is 79.9. The van der Waals surface area contributed by atoms with E-state index in [1.54, 1.807) is 30.0 Å². The summed E-state index contributed by atoms with van der Waals surface area (Å²) in [5, 5.41) is 10.4. The van der Waals surface area contributed by atoms with Crippen molar-refractivity contribution in [1.82, 2.24) is 4.90 Å². The number of ether oxygens (including phenoxy) is 1. The third-order valence-electron chi connectivity index (χ3n) is 3.48. The summed E-state index contributed by atoms with van der Waals surface area (Å²) in [7, 11) is 0. The molecule has 1 fully saturated rings. The fourth-order valence-electron chi connectivity index (χ4n) is 2.56. The largest absolute Gasteiger partial charge is 0.508 e. The number of rotatable bonds is 2. The molecule has 0 saturated carbocycles. The highest BCUT2D eigenvalue weighted by Crippen LogP contribution is 2.26. The highest BCUT2D eigenvalue weighted by molar-refractivity contribution is 9.09. The maximum Gasteiger partial charge on any atom is 0.254 e. The predicted octanol–water partition coefficient (Wildman–Crippen LogP) is 2.72. The van der Waals surface area contributed by atoms with Crippen LogP contribution in [0.5, 0.6) is 5.75 Å². The van der Waals surface area contributed by atoms with Gasteiger partial charge >= 0.3 is 0 Å². The van der Waals surface area contributed by atoms with E-state index in [-0.39, 0.29) is 23.4 Å². The maximum absolute atomic E-state index is 12.7. The second-order valence-corrected chi connectivity index (χ2v) is 6.44. The Hall–Kier alpha value is -1.07. The zero-order valence-electron chi connectivity index (χ0n) is 12.0. The number of benzene rings is 1. The van der Waals surface area contributed by atoms with E-state index in [0.717, 1.165) is 0 Å². The number of aromatic hydroxyl groups is 1. The molecule has 20 heavy (non-hydrogen) atoms. The van der Waals surface area contributed by atoms with E-state index in [0.29, 0.717) is 29.5 Å². The molecule has 4 nitrogen and oxygen atoms in total. The Kier molecular flexibility index (Phi) is 4.39. The molecule has 1 saturated heterocycles. The van der Waals surface area contributed by atoms with E-state index in [9.17, 15) is 9.90 Å². The minimum atomic E-state index is -0.364. The number of phenols is 1. The molecule has 1 aromatic rings. The van der Waals surface area contributed by atoms with E-state index in [1.165, 1.54) is 0 Å². The normalized spacial score (nSPS) is 21.8. The summed E-state index contributed by atoms with van der Waals surface area (Å²) >= 11 is 3.42. The van der Waals surface area contributed by atoms with Gasteiger partial charge in [-0.3, -0.25) is 4.79 Å². The van der Waals surface area contributed by atoms with Crippen LogP contribution >= 0.6 is 15.9 Å². The van der Waals surface area contributed by atoms with Crippen LogP contribution in [-0.2, 0) is 4.74 Å². The topological polar surface area (TPSA) is 49.8 Å². The van der Waals surface area contributed by atoms with E-state index in [4.69, 9.17) is 4.74 Å². The first-order chi connectivity index (χ1) is 9.34. The maximum atomic E-state index is 12.7. The van der Waals surface area contributed by atoms with Crippen LogP contribution in [0.4, 0.5) is 0 Å². The number of carbonyl (C=O) groups is 1. The van der Waals surface area contributed by atoms with Crippen molar-refractivity contribution in [2.45, 2.75) is 32.5 Å². The number of nitrogens with zero attached hydrogens (tertiary/aromatic N) is 1. The Morgan fingerprint density at radius 2 is 2.25 bits per heavy atom. The number of morpholine rings is 1. The molecular weight excluding hydrogens is 322 g/mol. The Labute approximate surface area is 127 Å². The number of hydrogen-bond donors (Lipinski definition) is 1. The lowest BCUT2D eigenvalue weighted by atomic mass is 10.0. The van der Waals surface area contributed by atoms with Gasteiger partial charge in [-0.05, 0) is 32.9 Å². The van der Waals surface area contributed by atoms with Gasteiger partial charge in [0.15, 0.2) is 0 Å². The third kappa shape index (κ3) is 3.15. The molecule has 1 aromatic carbocycles. The van der Waals surface area contributed by atoms with E-state index in [2.05, 4.69) is 15.9 Å². The van der Waals surface area contributed by atoms with Crippen LogP contribution in [0.15, 0.2) is 18.2 Å². The molecule has 110 valence electrons. The zero-order chi connectivity index (χ0) is 14.9. The second-order valence-electron chi connectivity index (χ2n) is 5.79. The van der Waals surface area contributed by atoms with Gasteiger partial charge in [-0.2, -0.15) is 0 Å². The number of hydrogen-bond acceptors (Lipinski definition) is 3. The SMILES string of the molecule is Cc1c(O)cccc1C(=O)N1CC(CBr)OC(C)(C)C1. The van der Waals surface area contributed by atoms with Crippen molar-refractivity contribution >= 4 is 21.8 Å². The lowest BCUT2D eigenvalue weighted by molar-refractivity contribution is -0.116. The van der Waals surface area contributed by atoms with Gasteiger partial charge in [0, 0.05) is 29.5 Å². The summed E-state index contributed by atoms with van der Waals surface area (Å²) in [6, 6.07) is 5.04. The molecule has 2 rings (SSSR count). The van der Waals surface area contributed by atoms with E-state index >= 15 is 0 Å². The second kappa shape index (κ2) is 5.74. The van der Waals surface area contributed by atoms with Gasteiger partial charge in [0.25, 0.3) is 5.91 Å². The average Bonchev–Trinajstić information content (AvgIpc) is 2.39. The first kappa shape index (κ1) is 15.3. The molecule has 5 heteroatoms. The molecule has 0 radical (unpaired) electrons. The van der Waals surface area contributed by atoms with Gasteiger partial charge < -0.3 is 14.7 Å². The predicted molar refractivity (Wildman–Crippen MR) is 81.5 cm³/mol. The van der Waals surface area contributed by atoms with Crippen molar-refractivity contribution in [2.75, 3.05) is 18.4 Å². The molecule has 1 amide bonds. The molecular formula is C15H20BrNO3. The Morgan fingerprint density at radius 1 is 1.55 bits per heavy atom. The van der Waals surface area contributed by atoms with Gasteiger partial charge in [-0.1, -0.05) is 22.0 Å². The molecule has 1 N–H and O–H groups in total. The van der Waals surface area contributed by atoms with Gasteiger partial charge in [0.2, 0.25) is 0 Å². The monoisotopic (exact) mass is 341 g/mol. The van der Waals surface area contributed by atoms with E-state index < -0.39 is 0 Å². The molecule has 1 unspecified atom stereocenters. The van der Waals surface area contributed by atoms with Gasteiger partial charge in [-0.25, -0.2) is 0 Å². The number of halogens is 1. The van der Waals surface area contributed by atoms with Crippen LogP contribution in [0.2, 0.25) is 0 Å². The van der Waals surface area contributed by atoms with Crippen LogP contribution < -0.4 is 0 Å². The number of amides is 1. The summed E-state index contributed by atoms with van der Waals surface area (Å²) in [6.07, 6.45) is -0.0136. The summed E-state index contributed by atoms with van der Waals surface area (Å²) in [6.45, 7) is 6.83. The van der Waals surface area contributed by atoms with E-state index in [1.807, 2.05) is 13.8 Å². The summed E-state index contributed by atoms with van der Waals surface area (Å²) in [5.74, 6) is 0.0983. The molecule has 1 aliphatic heterocycles. The van der Waals surface area contributed by atoms with Crippen LogP contribution in [0.3, 0.4) is 0 Å². The Morgan fingerprint density at radius 3 is 2.90 bits per heavy atom. The van der Waals surface area contributed by atoms with Gasteiger partial charge in [0.05, 0.1) is 11.7 Å². The smallest absolute Gasteiger partial charge is 0.254 e. The minimum Gasteiger partial charge on any atom is -0.508 e. The molecule has 1 heterocycles. The molecule has 0 aliphatic carbocycles. The Bertz CT molecular complexity index is 516. The lowest BCUT2D eigenvalue weighted by Gasteiger charge is -2.42. The zero-order valence-corrected chi connectivity index (χ0v) is 13.6. The minimum absolute atomic E-state index is 0.0136. The summed E-state index contributed by atoms with van der Waals surface area (Å²) < 4.78 is 5.90. The molecule has 1 atom stereocenters. The van der Waals surface area contributed by atoms with Crippen molar-refractivity contribution < 1.29 is 14.6 Å². The van der Waals surface area contributed by atoms with Crippen molar-refractivity contribution in [2.24, 2.45) is 0 Å². The standard InChI is InChI=1S/C15H20BrNO3/c1-10-12(5-4-6-13(10)18)14(19)17-8-11(7-16)20-15(2,3)9-17/h4-6,11,18H,7-9H2,1-3H3. The molecule has 0 aromatic heterocycles. The fourth-order valence-corrected chi connectivity index (χ4v) is 2.89. The summed E-state index contributed by atoms with van der Waals surface area (Å²) in [5.41, 5.74) is 0.810. The van der Waals surface area contributed by atoms with Gasteiger partial charge in [-0.15, -0.1) is 0 Å². The first-order valence-electron chi connectivity index (χ1n) is 6.65. The van der Waals surface area contributed by atoms with Gasteiger partial charge in [0.1, 0.15) is 5.75 Å². The molecule has 0 bridgehead atoms. The first-order valence-corrected chi connectivity index (χ1v) is 7.78. The van der Waals surface area contributed by atoms with Crippen molar-refractivity contribution in [3.8, 4) is 5.75 Å². The highest BCUT2D eigenvalue weighted by Gasteiger charge is 2.35. The quantitative estimate of drug-likeness (QED) is 0.841. The van der Waals surface area contributed by atoms with Crippen molar-refractivity contribution in [1.29, 1.82) is 0 Å². The van der Waals surface area contributed by atoms with Crippen molar-refractivity contribution in [3.05, 3.63) is 29.3 Å². The van der Waals surface area contributed by atoms with Crippen molar-refractivity contribution in [3.63, 3.8) is 0 Å². The number of alkyl halides is 1. The van der Waals surface area contributed by atoms with Crippen LogP contribution in [-0.4, -0.2) is 46.0 Å². The number of phenolic OH excluding ortho intramolecular Hbond substituents is 1. The van der Waals surface area contributed by atoms with Crippen LogP contribution in [0, 0.1) is 6.92 Å². The molecule has 0 spiro atoms. The lowest BCUT2D eigenvalue weighted by Crippen LogP contribution is -2.55. The Balaban J connectivity index is 2.26. The summed E-state index contributed by atoms with van der Waals surface area (Å²) in [4.78, 5) is 14.5. The fraction of sp³-hybridized carbons (Fsp3) is 0.533. The van der Waals surface area contributed by atoms with Crippen LogP contribution in [0.1, 0.15) is 29.8 Å². The average molecular weight is 342 g/mol. The van der Waals surface area contributed by atoms with Crippen LogP contribution in [0.25, 0.3) is 0 Å².